The molecule has 3 heteroatoms. The number of carboxylic acids is 1. The highest BCUT2D eigenvalue weighted by atomic mass is 16.4. The van der Waals surface area contributed by atoms with Gasteiger partial charge in [-0.2, -0.15) is 0 Å². The van der Waals surface area contributed by atoms with Crippen LogP contribution in [0.1, 0.15) is 21.7 Å². The van der Waals surface area contributed by atoms with Gasteiger partial charge in [-0.25, -0.2) is 4.79 Å². The Morgan fingerprint density at radius 2 is 2.33 bits per heavy atom. The van der Waals surface area contributed by atoms with Crippen molar-refractivity contribution in [2.45, 2.75) is 6.92 Å². The van der Waals surface area contributed by atoms with Gasteiger partial charge in [0.15, 0.2) is 0 Å². The van der Waals surface area contributed by atoms with E-state index in [9.17, 15) is 4.79 Å². The highest BCUT2D eigenvalue weighted by Gasteiger charge is 2.06. The molecule has 62 valence electrons. The Hall–Kier alpha value is -1.64. The van der Waals surface area contributed by atoms with Crippen molar-refractivity contribution in [2.75, 3.05) is 0 Å². The molecule has 1 heterocycles. The average Bonchev–Trinajstić information content (AvgIpc) is 2.03. The highest BCUT2D eigenvalue weighted by molar-refractivity contribution is 5.88. The first-order valence-electron chi connectivity index (χ1n) is 3.48. The lowest BCUT2D eigenvalue weighted by Crippen LogP contribution is -2.01. The SMILES string of the molecule is C=Cc1ccc(C(=O)O)c(C)n1. The van der Waals surface area contributed by atoms with Gasteiger partial charge < -0.3 is 5.11 Å². The molecule has 0 amide bonds. The Labute approximate surface area is 70.4 Å². The zero-order chi connectivity index (χ0) is 9.14. The summed E-state index contributed by atoms with van der Waals surface area (Å²) in [5, 5.41) is 8.66. The second-order valence-electron chi connectivity index (χ2n) is 2.38. The molecule has 0 aliphatic rings. The molecule has 0 fully saturated rings. The van der Waals surface area contributed by atoms with Gasteiger partial charge in [0.05, 0.1) is 17.0 Å². The van der Waals surface area contributed by atoms with E-state index in [1.807, 2.05) is 0 Å². The number of carboxylic acid groups (broad SMARTS) is 1. The summed E-state index contributed by atoms with van der Waals surface area (Å²) in [5.41, 5.74) is 1.44. The molecule has 1 aromatic rings. The first kappa shape index (κ1) is 8.46. The third-order valence-electron chi connectivity index (χ3n) is 1.55. The molecule has 0 aromatic carbocycles. The molecule has 0 saturated carbocycles. The molecule has 0 bridgehead atoms. The van der Waals surface area contributed by atoms with Crippen molar-refractivity contribution in [1.82, 2.24) is 4.98 Å². The summed E-state index contributed by atoms with van der Waals surface area (Å²) < 4.78 is 0. The van der Waals surface area contributed by atoms with Crippen LogP contribution in [-0.2, 0) is 0 Å². The lowest BCUT2D eigenvalue weighted by molar-refractivity contribution is 0.0695. The number of carbonyl (C=O) groups is 1. The fourth-order valence-corrected chi connectivity index (χ4v) is 0.920. The first-order valence-corrected chi connectivity index (χ1v) is 3.48. The average molecular weight is 163 g/mol. The van der Waals surface area contributed by atoms with E-state index in [0.717, 1.165) is 0 Å². The van der Waals surface area contributed by atoms with Gasteiger partial charge in [-0.15, -0.1) is 0 Å². The number of aromatic nitrogens is 1. The minimum Gasteiger partial charge on any atom is -0.478 e. The maximum absolute atomic E-state index is 10.6. The molecular formula is C9H9NO2. The van der Waals surface area contributed by atoms with Crippen LogP contribution in [0.25, 0.3) is 6.08 Å². The van der Waals surface area contributed by atoms with Crippen molar-refractivity contribution in [2.24, 2.45) is 0 Å². The number of aromatic carboxylic acids is 1. The van der Waals surface area contributed by atoms with Crippen molar-refractivity contribution in [3.8, 4) is 0 Å². The van der Waals surface area contributed by atoms with Gasteiger partial charge in [0.25, 0.3) is 0 Å². The van der Waals surface area contributed by atoms with Gasteiger partial charge in [0.2, 0.25) is 0 Å². The van der Waals surface area contributed by atoms with Gasteiger partial charge in [0, 0.05) is 0 Å². The Bertz CT molecular complexity index is 331. The van der Waals surface area contributed by atoms with E-state index in [-0.39, 0.29) is 5.56 Å². The van der Waals surface area contributed by atoms with Crippen LogP contribution in [0.2, 0.25) is 0 Å². The second-order valence-corrected chi connectivity index (χ2v) is 2.38. The van der Waals surface area contributed by atoms with Crippen LogP contribution in [-0.4, -0.2) is 16.1 Å². The summed E-state index contributed by atoms with van der Waals surface area (Å²) in [7, 11) is 0. The summed E-state index contributed by atoms with van der Waals surface area (Å²) in [4.78, 5) is 14.6. The lowest BCUT2D eigenvalue weighted by Gasteiger charge is -1.99. The summed E-state index contributed by atoms with van der Waals surface area (Å²) in [5.74, 6) is -0.949. The molecule has 3 nitrogen and oxygen atoms in total. The van der Waals surface area contributed by atoms with E-state index in [0.29, 0.717) is 11.4 Å². The predicted molar refractivity (Wildman–Crippen MR) is 46.0 cm³/mol. The van der Waals surface area contributed by atoms with Crippen LogP contribution in [0.15, 0.2) is 18.7 Å². The molecule has 0 radical (unpaired) electrons. The zero-order valence-electron chi connectivity index (χ0n) is 6.74. The number of aryl methyl sites for hydroxylation is 1. The van der Waals surface area contributed by atoms with Crippen LogP contribution in [0, 0.1) is 6.92 Å². The largest absolute Gasteiger partial charge is 0.478 e. The van der Waals surface area contributed by atoms with Gasteiger partial charge in [0.1, 0.15) is 0 Å². The molecule has 12 heavy (non-hydrogen) atoms. The molecule has 1 rings (SSSR count). The van der Waals surface area contributed by atoms with Gasteiger partial charge in [-0.3, -0.25) is 4.98 Å². The Kier molecular flexibility index (Phi) is 2.24. The first-order chi connectivity index (χ1) is 5.65. The monoisotopic (exact) mass is 163 g/mol. The number of hydrogen-bond donors (Lipinski definition) is 1. The molecule has 0 aliphatic heterocycles. The Morgan fingerprint density at radius 1 is 1.67 bits per heavy atom. The minimum absolute atomic E-state index is 0.237. The number of nitrogens with zero attached hydrogens (tertiary/aromatic N) is 1. The van der Waals surface area contributed by atoms with E-state index in [2.05, 4.69) is 11.6 Å². The number of rotatable bonds is 2. The summed E-state index contributed by atoms with van der Waals surface area (Å²) in [6, 6.07) is 3.16. The van der Waals surface area contributed by atoms with E-state index in [1.54, 1.807) is 19.1 Å². The summed E-state index contributed by atoms with van der Waals surface area (Å²) in [6.45, 7) is 5.20. The Morgan fingerprint density at radius 3 is 2.75 bits per heavy atom. The normalized spacial score (nSPS) is 9.42. The van der Waals surface area contributed by atoms with Crippen LogP contribution >= 0.6 is 0 Å². The maximum atomic E-state index is 10.6. The standard InChI is InChI=1S/C9H9NO2/c1-3-7-4-5-8(9(11)12)6(2)10-7/h3-5H,1H2,2H3,(H,11,12). The van der Waals surface area contributed by atoms with Crippen molar-refractivity contribution in [3.05, 3.63) is 35.7 Å². The third-order valence-corrected chi connectivity index (χ3v) is 1.55. The van der Waals surface area contributed by atoms with Gasteiger partial charge in [-0.05, 0) is 25.1 Å². The maximum Gasteiger partial charge on any atom is 0.337 e. The molecular weight excluding hydrogens is 154 g/mol. The van der Waals surface area contributed by atoms with Crippen LogP contribution in [0.3, 0.4) is 0 Å². The zero-order valence-corrected chi connectivity index (χ0v) is 6.74. The van der Waals surface area contributed by atoms with E-state index in [1.165, 1.54) is 6.07 Å². The van der Waals surface area contributed by atoms with Crippen LogP contribution in [0.4, 0.5) is 0 Å². The molecule has 0 spiro atoms. The minimum atomic E-state index is -0.949. The van der Waals surface area contributed by atoms with Gasteiger partial charge >= 0.3 is 5.97 Å². The van der Waals surface area contributed by atoms with Crippen molar-refractivity contribution in [1.29, 1.82) is 0 Å². The lowest BCUT2D eigenvalue weighted by atomic mass is 10.2. The summed E-state index contributed by atoms with van der Waals surface area (Å²) >= 11 is 0. The molecule has 1 N–H and O–H groups in total. The van der Waals surface area contributed by atoms with Gasteiger partial charge in [-0.1, -0.05) is 6.58 Å². The molecule has 0 unspecified atom stereocenters. The molecule has 0 aliphatic carbocycles. The smallest absolute Gasteiger partial charge is 0.337 e. The molecule has 0 saturated heterocycles. The predicted octanol–water partition coefficient (Wildman–Crippen LogP) is 1.73. The van der Waals surface area contributed by atoms with Crippen LogP contribution in [0.5, 0.6) is 0 Å². The third kappa shape index (κ3) is 1.50. The fraction of sp³-hybridized carbons (Fsp3) is 0.111. The number of pyridine rings is 1. The van der Waals surface area contributed by atoms with Crippen molar-refractivity contribution >= 4 is 12.0 Å². The topological polar surface area (TPSA) is 50.2 Å². The van der Waals surface area contributed by atoms with Crippen molar-refractivity contribution in [3.63, 3.8) is 0 Å². The van der Waals surface area contributed by atoms with E-state index >= 15 is 0 Å². The summed E-state index contributed by atoms with van der Waals surface area (Å²) in [6.07, 6.45) is 1.58. The van der Waals surface area contributed by atoms with Crippen LogP contribution < -0.4 is 0 Å². The van der Waals surface area contributed by atoms with E-state index < -0.39 is 5.97 Å². The van der Waals surface area contributed by atoms with Crippen molar-refractivity contribution < 1.29 is 9.90 Å². The molecule has 1 aromatic heterocycles. The quantitative estimate of drug-likeness (QED) is 0.722. The molecule has 0 atom stereocenters. The Balaban J connectivity index is 3.20. The second kappa shape index (κ2) is 3.17. The number of hydrogen-bond acceptors (Lipinski definition) is 2. The highest BCUT2D eigenvalue weighted by Crippen LogP contribution is 2.07. The fourth-order valence-electron chi connectivity index (χ4n) is 0.920. The van der Waals surface area contributed by atoms with E-state index in [4.69, 9.17) is 5.11 Å².